The molecule has 0 unspecified atom stereocenters. The number of carboxylic acids is 1. The molecular formula is C14H11N5O2. The molecular weight excluding hydrogens is 270 g/mol. The Kier molecular flexibility index (Phi) is 3.07. The van der Waals surface area contributed by atoms with Gasteiger partial charge in [-0.15, -0.1) is 0 Å². The van der Waals surface area contributed by atoms with Crippen LogP contribution in [-0.4, -0.2) is 30.8 Å². The molecule has 0 saturated carbocycles. The number of rotatable bonds is 3. The number of nitrogens with zero attached hydrogens (tertiary/aromatic N) is 4. The van der Waals surface area contributed by atoms with Crippen molar-refractivity contribution in [1.29, 1.82) is 0 Å². The van der Waals surface area contributed by atoms with Gasteiger partial charge in [0.05, 0.1) is 35.2 Å². The first-order chi connectivity index (χ1) is 10.1. The lowest BCUT2D eigenvalue weighted by Gasteiger charge is -2.06. The topological polar surface area (TPSA) is 107 Å². The van der Waals surface area contributed by atoms with E-state index < -0.39 is 5.97 Å². The van der Waals surface area contributed by atoms with Crippen LogP contribution in [-0.2, 0) is 0 Å². The highest BCUT2D eigenvalue weighted by Gasteiger charge is 2.16. The van der Waals surface area contributed by atoms with E-state index in [-0.39, 0.29) is 5.69 Å². The Morgan fingerprint density at radius 2 is 2.10 bits per heavy atom. The molecule has 3 heterocycles. The van der Waals surface area contributed by atoms with Crippen molar-refractivity contribution in [3.05, 3.63) is 54.6 Å². The van der Waals surface area contributed by atoms with Crippen molar-refractivity contribution in [2.45, 2.75) is 0 Å². The van der Waals surface area contributed by atoms with Crippen molar-refractivity contribution in [3.63, 3.8) is 0 Å². The highest BCUT2D eigenvalue weighted by Crippen LogP contribution is 2.22. The summed E-state index contributed by atoms with van der Waals surface area (Å²) in [7, 11) is 0. The standard InChI is InChI=1S/C14H11N5O2/c15-9-3-4-11(17-7-9)13-6-12(14(20)21)18-19(13)10-2-1-5-16-8-10/h1-8H,15H2,(H,20,21). The zero-order chi connectivity index (χ0) is 14.8. The predicted octanol–water partition coefficient (Wildman–Crippen LogP) is 1.61. The van der Waals surface area contributed by atoms with Crippen LogP contribution < -0.4 is 5.73 Å². The SMILES string of the molecule is Nc1ccc(-c2cc(C(=O)O)nn2-c2cccnc2)nc1. The first-order valence-electron chi connectivity index (χ1n) is 6.11. The maximum atomic E-state index is 11.2. The van der Waals surface area contributed by atoms with Gasteiger partial charge in [0.25, 0.3) is 0 Å². The monoisotopic (exact) mass is 281 g/mol. The van der Waals surface area contributed by atoms with Crippen molar-refractivity contribution in [1.82, 2.24) is 19.7 Å². The van der Waals surface area contributed by atoms with Gasteiger partial charge in [-0.3, -0.25) is 9.97 Å². The first-order valence-corrected chi connectivity index (χ1v) is 6.11. The normalized spacial score (nSPS) is 10.5. The minimum absolute atomic E-state index is 0.0625. The highest BCUT2D eigenvalue weighted by molar-refractivity contribution is 5.87. The summed E-state index contributed by atoms with van der Waals surface area (Å²) in [6.07, 6.45) is 4.74. The van der Waals surface area contributed by atoms with Gasteiger partial charge in [-0.2, -0.15) is 5.10 Å². The predicted molar refractivity (Wildman–Crippen MR) is 76.0 cm³/mol. The molecule has 7 nitrogen and oxygen atoms in total. The second kappa shape index (κ2) is 5.04. The molecule has 0 atom stereocenters. The number of carbonyl (C=O) groups is 1. The van der Waals surface area contributed by atoms with Gasteiger partial charge in [-0.05, 0) is 24.3 Å². The summed E-state index contributed by atoms with van der Waals surface area (Å²) in [5.41, 5.74) is 7.87. The van der Waals surface area contributed by atoms with E-state index >= 15 is 0 Å². The average molecular weight is 281 g/mol. The molecule has 0 aromatic carbocycles. The summed E-state index contributed by atoms with van der Waals surface area (Å²) in [6, 6.07) is 8.41. The summed E-state index contributed by atoms with van der Waals surface area (Å²) in [5.74, 6) is -1.10. The summed E-state index contributed by atoms with van der Waals surface area (Å²) in [4.78, 5) is 19.4. The Morgan fingerprint density at radius 1 is 1.24 bits per heavy atom. The Balaban J connectivity index is 2.19. The number of pyridine rings is 2. The molecule has 3 rings (SSSR count). The van der Waals surface area contributed by atoms with Crippen LogP contribution in [0.15, 0.2) is 48.9 Å². The van der Waals surface area contributed by atoms with Crippen molar-refractivity contribution in [2.24, 2.45) is 0 Å². The van der Waals surface area contributed by atoms with E-state index in [2.05, 4.69) is 15.1 Å². The van der Waals surface area contributed by atoms with Crippen LogP contribution in [0.4, 0.5) is 5.69 Å². The lowest BCUT2D eigenvalue weighted by Crippen LogP contribution is -2.03. The second-order valence-electron chi connectivity index (χ2n) is 4.32. The second-order valence-corrected chi connectivity index (χ2v) is 4.32. The van der Waals surface area contributed by atoms with E-state index in [0.29, 0.717) is 22.8 Å². The van der Waals surface area contributed by atoms with Crippen molar-refractivity contribution < 1.29 is 9.90 Å². The molecule has 0 aliphatic rings. The van der Waals surface area contributed by atoms with Crippen molar-refractivity contribution in [3.8, 4) is 17.1 Å². The van der Waals surface area contributed by atoms with Gasteiger partial charge in [0.1, 0.15) is 0 Å². The number of aromatic carboxylic acids is 1. The summed E-state index contributed by atoms with van der Waals surface area (Å²) in [6.45, 7) is 0. The molecule has 3 aromatic rings. The number of nitrogens with two attached hydrogens (primary N) is 1. The molecule has 3 N–H and O–H groups in total. The number of hydrogen-bond donors (Lipinski definition) is 2. The molecule has 0 radical (unpaired) electrons. The fourth-order valence-electron chi connectivity index (χ4n) is 1.90. The van der Waals surface area contributed by atoms with Crippen LogP contribution in [0.3, 0.4) is 0 Å². The van der Waals surface area contributed by atoms with Crippen LogP contribution >= 0.6 is 0 Å². The smallest absolute Gasteiger partial charge is 0.356 e. The molecule has 0 saturated heterocycles. The third kappa shape index (κ3) is 2.44. The van der Waals surface area contributed by atoms with Gasteiger partial charge >= 0.3 is 5.97 Å². The van der Waals surface area contributed by atoms with Crippen LogP contribution in [0.2, 0.25) is 0 Å². The number of anilines is 1. The van der Waals surface area contributed by atoms with Gasteiger partial charge < -0.3 is 10.8 Å². The lowest BCUT2D eigenvalue weighted by atomic mass is 10.2. The zero-order valence-electron chi connectivity index (χ0n) is 10.8. The summed E-state index contributed by atoms with van der Waals surface area (Å²) < 4.78 is 1.50. The first kappa shape index (κ1) is 12.8. The minimum atomic E-state index is -1.10. The maximum absolute atomic E-state index is 11.2. The average Bonchev–Trinajstić information content (AvgIpc) is 2.94. The van der Waals surface area contributed by atoms with Crippen molar-refractivity contribution in [2.75, 3.05) is 5.73 Å². The van der Waals surface area contributed by atoms with E-state index in [0.717, 1.165) is 0 Å². The third-order valence-corrected chi connectivity index (χ3v) is 2.87. The fourth-order valence-corrected chi connectivity index (χ4v) is 1.90. The Hall–Kier alpha value is -3.22. The van der Waals surface area contributed by atoms with Gasteiger partial charge in [0.15, 0.2) is 5.69 Å². The zero-order valence-corrected chi connectivity index (χ0v) is 10.8. The molecule has 7 heteroatoms. The quantitative estimate of drug-likeness (QED) is 0.755. The van der Waals surface area contributed by atoms with Gasteiger partial charge in [-0.1, -0.05) is 0 Å². The fraction of sp³-hybridized carbons (Fsp3) is 0. The van der Waals surface area contributed by atoms with E-state index in [4.69, 9.17) is 10.8 Å². The number of carboxylic acid groups (broad SMARTS) is 1. The van der Waals surface area contributed by atoms with Crippen LogP contribution in [0.5, 0.6) is 0 Å². The molecule has 0 aliphatic carbocycles. The Bertz CT molecular complexity index is 781. The highest BCUT2D eigenvalue weighted by atomic mass is 16.4. The molecule has 0 amide bonds. The minimum Gasteiger partial charge on any atom is -0.476 e. The lowest BCUT2D eigenvalue weighted by molar-refractivity contribution is 0.0690. The molecule has 21 heavy (non-hydrogen) atoms. The molecule has 104 valence electrons. The Labute approximate surface area is 119 Å². The van der Waals surface area contributed by atoms with Gasteiger partial charge in [-0.25, -0.2) is 9.48 Å². The molecule has 0 fully saturated rings. The van der Waals surface area contributed by atoms with Crippen molar-refractivity contribution >= 4 is 11.7 Å². The third-order valence-electron chi connectivity index (χ3n) is 2.87. The Morgan fingerprint density at radius 3 is 2.71 bits per heavy atom. The maximum Gasteiger partial charge on any atom is 0.356 e. The largest absolute Gasteiger partial charge is 0.476 e. The summed E-state index contributed by atoms with van der Waals surface area (Å²) >= 11 is 0. The van der Waals surface area contributed by atoms with Crippen LogP contribution in [0, 0.1) is 0 Å². The number of aromatic nitrogens is 4. The van der Waals surface area contributed by atoms with Gasteiger partial charge in [0, 0.05) is 12.3 Å². The van der Waals surface area contributed by atoms with E-state index in [1.165, 1.54) is 16.9 Å². The van der Waals surface area contributed by atoms with Crippen LogP contribution in [0.25, 0.3) is 17.1 Å². The number of nitrogen functional groups attached to an aromatic ring is 1. The number of hydrogen-bond acceptors (Lipinski definition) is 5. The van der Waals surface area contributed by atoms with Crippen LogP contribution in [0.1, 0.15) is 10.5 Å². The molecule has 0 aliphatic heterocycles. The van der Waals surface area contributed by atoms with E-state index in [1.54, 1.807) is 36.7 Å². The molecule has 0 spiro atoms. The molecule has 3 aromatic heterocycles. The van der Waals surface area contributed by atoms with Gasteiger partial charge in [0.2, 0.25) is 0 Å². The summed E-state index contributed by atoms with van der Waals surface area (Å²) in [5, 5.41) is 13.2. The van der Waals surface area contributed by atoms with E-state index in [1.807, 2.05) is 0 Å². The molecule has 0 bridgehead atoms. The van der Waals surface area contributed by atoms with E-state index in [9.17, 15) is 4.79 Å².